The van der Waals surface area contributed by atoms with Crippen molar-refractivity contribution in [3.63, 3.8) is 0 Å². The van der Waals surface area contributed by atoms with Crippen molar-refractivity contribution < 1.29 is 0 Å². The van der Waals surface area contributed by atoms with Crippen molar-refractivity contribution in [1.82, 2.24) is 10.2 Å². The van der Waals surface area contributed by atoms with Gasteiger partial charge in [0.2, 0.25) is 0 Å². The van der Waals surface area contributed by atoms with Gasteiger partial charge in [-0.1, -0.05) is 11.6 Å². The van der Waals surface area contributed by atoms with E-state index in [1.54, 1.807) is 0 Å². The molecular formula is C13H21N2. The zero-order valence-corrected chi connectivity index (χ0v) is 9.84. The van der Waals surface area contributed by atoms with Gasteiger partial charge < -0.3 is 10.2 Å². The summed E-state index contributed by atoms with van der Waals surface area (Å²) in [4.78, 5) is 2.39. The van der Waals surface area contributed by atoms with Crippen LogP contribution in [0.5, 0.6) is 0 Å². The normalized spacial score (nSPS) is 28.8. The van der Waals surface area contributed by atoms with E-state index in [4.69, 9.17) is 0 Å². The number of piperidine rings is 1. The molecule has 1 atom stereocenters. The highest BCUT2D eigenvalue weighted by molar-refractivity contribution is 5.22. The van der Waals surface area contributed by atoms with Gasteiger partial charge in [0.05, 0.1) is 0 Å². The third-order valence-corrected chi connectivity index (χ3v) is 3.24. The van der Waals surface area contributed by atoms with Crippen LogP contribution < -0.4 is 5.32 Å². The lowest BCUT2D eigenvalue weighted by Crippen LogP contribution is -2.30. The number of allylic oxidation sites excluding steroid dienone is 1. The van der Waals surface area contributed by atoms with Gasteiger partial charge in [-0.3, -0.25) is 0 Å². The third-order valence-electron chi connectivity index (χ3n) is 3.24. The maximum atomic E-state index is 3.62. The first-order chi connectivity index (χ1) is 7.24. The van der Waals surface area contributed by atoms with Gasteiger partial charge in [-0.05, 0) is 51.4 Å². The minimum atomic E-state index is 0.521. The molecule has 0 spiro atoms. The molecule has 1 fully saturated rings. The van der Waals surface area contributed by atoms with Crippen LogP contribution in [0.1, 0.15) is 26.2 Å². The fourth-order valence-electron chi connectivity index (χ4n) is 2.22. The van der Waals surface area contributed by atoms with E-state index >= 15 is 0 Å². The monoisotopic (exact) mass is 205 g/mol. The maximum Gasteiger partial charge on any atom is 0.0227 e. The summed E-state index contributed by atoms with van der Waals surface area (Å²) in [6, 6.07) is 0.521. The number of likely N-dealkylation sites (tertiary alicyclic amines) is 1. The largest absolute Gasteiger partial charge is 0.310 e. The highest BCUT2D eigenvalue weighted by atomic mass is 15.1. The molecule has 0 bridgehead atoms. The van der Waals surface area contributed by atoms with Gasteiger partial charge in [-0.25, -0.2) is 0 Å². The van der Waals surface area contributed by atoms with Gasteiger partial charge in [-0.15, -0.1) is 0 Å². The summed E-state index contributed by atoms with van der Waals surface area (Å²) in [7, 11) is 2.20. The molecule has 2 nitrogen and oxygen atoms in total. The number of hydrogen-bond acceptors (Lipinski definition) is 2. The Morgan fingerprint density at radius 1 is 1.33 bits per heavy atom. The van der Waals surface area contributed by atoms with Crippen LogP contribution in [0.3, 0.4) is 0 Å². The summed E-state index contributed by atoms with van der Waals surface area (Å²) >= 11 is 0. The topological polar surface area (TPSA) is 15.3 Å². The quantitative estimate of drug-likeness (QED) is 0.701. The van der Waals surface area contributed by atoms with Crippen molar-refractivity contribution in [3.05, 3.63) is 23.3 Å². The minimum absolute atomic E-state index is 0.521. The number of rotatable bonds is 1. The number of nitrogens with zero attached hydrogens (tertiary/aromatic N) is 1. The molecule has 2 aliphatic heterocycles. The Morgan fingerprint density at radius 3 is 2.73 bits per heavy atom. The van der Waals surface area contributed by atoms with E-state index < -0.39 is 0 Å². The SMILES string of the molecule is CC1C=C([C]=C2CCN(C)CC2)CCN1. The van der Waals surface area contributed by atoms with E-state index in [1.807, 2.05) is 0 Å². The van der Waals surface area contributed by atoms with E-state index in [0.29, 0.717) is 6.04 Å². The van der Waals surface area contributed by atoms with Crippen LogP contribution in [-0.4, -0.2) is 37.6 Å². The van der Waals surface area contributed by atoms with Crippen LogP contribution in [0.2, 0.25) is 0 Å². The van der Waals surface area contributed by atoms with E-state index in [1.165, 1.54) is 37.1 Å². The summed E-state index contributed by atoms with van der Waals surface area (Å²) in [5.41, 5.74) is 2.94. The molecule has 15 heavy (non-hydrogen) atoms. The standard InChI is InChI=1S/C13H21N2/c1-11-9-13(3-6-14-11)10-12-4-7-15(2)8-5-12/h9,11,14H,3-8H2,1-2H3. The molecule has 1 N–H and O–H groups in total. The number of hydrogen-bond donors (Lipinski definition) is 1. The van der Waals surface area contributed by atoms with Gasteiger partial charge >= 0.3 is 0 Å². The molecule has 2 heterocycles. The Bertz CT molecular complexity index is 268. The lowest BCUT2D eigenvalue weighted by molar-refractivity contribution is 0.312. The van der Waals surface area contributed by atoms with Gasteiger partial charge in [0.1, 0.15) is 0 Å². The molecule has 1 saturated heterocycles. The molecule has 83 valence electrons. The fraction of sp³-hybridized carbons (Fsp3) is 0.692. The van der Waals surface area contributed by atoms with Crippen molar-refractivity contribution in [3.8, 4) is 0 Å². The van der Waals surface area contributed by atoms with Gasteiger partial charge in [-0.2, -0.15) is 0 Å². The van der Waals surface area contributed by atoms with Crippen LogP contribution in [0.15, 0.2) is 17.2 Å². The molecule has 0 aromatic heterocycles. The molecule has 0 aromatic carbocycles. The second kappa shape index (κ2) is 4.95. The maximum absolute atomic E-state index is 3.62. The lowest BCUT2D eigenvalue weighted by Gasteiger charge is -2.25. The second-order valence-electron chi connectivity index (χ2n) is 4.72. The van der Waals surface area contributed by atoms with Crippen LogP contribution in [0.4, 0.5) is 0 Å². The third kappa shape index (κ3) is 3.18. The predicted molar refractivity (Wildman–Crippen MR) is 63.7 cm³/mol. The van der Waals surface area contributed by atoms with E-state index in [9.17, 15) is 0 Å². The molecule has 2 aliphatic rings. The molecule has 1 radical (unpaired) electrons. The van der Waals surface area contributed by atoms with Crippen molar-refractivity contribution >= 4 is 0 Å². The molecule has 0 saturated carbocycles. The van der Waals surface area contributed by atoms with Crippen molar-refractivity contribution in [2.24, 2.45) is 0 Å². The zero-order valence-electron chi connectivity index (χ0n) is 9.84. The van der Waals surface area contributed by atoms with E-state index in [0.717, 1.165) is 13.0 Å². The summed E-state index contributed by atoms with van der Waals surface area (Å²) in [6.07, 6.45) is 9.48. The number of nitrogens with one attached hydrogen (secondary N) is 1. The molecule has 0 aliphatic carbocycles. The predicted octanol–water partition coefficient (Wildman–Crippen LogP) is 1.75. The highest BCUT2D eigenvalue weighted by Gasteiger charge is 2.12. The summed E-state index contributed by atoms with van der Waals surface area (Å²) in [6.45, 7) is 5.71. The Labute approximate surface area is 93.0 Å². The van der Waals surface area contributed by atoms with Crippen LogP contribution in [-0.2, 0) is 0 Å². The van der Waals surface area contributed by atoms with Gasteiger partial charge in [0.15, 0.2) is 0 Å². The fourth-order valence-corrected chi connectivity index (χ4v) is 2.22. The first-order valence-corrected chi connectivity index (χ1v) is 5.98. The van der Waals surface area contributed by atoms with Gasteiger partial charge in [0, 0.05) is 19.1 Å². The zero-order chi connectivity index (χ0) is 10.7. The molecule has 1 unspecified atom stereocenters. The van der Waals surface area contributed by atoms with Crippen LogP contribution >= 0.6 is 0 Å². The lowest BCUT2D eigenvalue weighted by atomic mass is 9.97. The van der Waals surface area contributed by atoms with Crippen LogP contribution in [0.25, 0.3) is 0 Å². The molecule has 2 rings (SSSR count). The Kier molecular flexibility index (Phi) is 3.60. The molecular weight excluding hydrogens is 184 g/mol. The first kappa shape index (κ1) is 10.9. The van der Waals surface area contributed by atoms with Gasteiger partial charge in [0.25, 0.3) is 0 Å². The highest BCUT2D eigenvalue weighted by Crippen LogP contribution is 2.18. The smallest absolute Gasteiger partial charge is 0.0227 e. The first-order valence-electron chi connectivity index (χ1n) is 5.98. The van der Waals surface area contributed by atoms with Crippen molar-refractivity contribution in [2.45, 2.75) is 32.2 Å². The Hall–Kier alpha value is -0.600. The van der Waals surface area contributed by atoms with E-state index in [-0.39, 0.29) is 0 Å². The Balaban J connectivity index is 1.97. The van der Waals surface area contributed by atoms with Crippen LogP contribution in [0, 0.1) is 6.08 Å². The Morgan fingerprint density at radius 2 is 2.07 bits per heavy atom. The van der Waals surface area contributed by atoms with Crippen molar-refractivity contribution in [1.29, 1.82) is 0 Å². The van der Waals surface area contributed by atoms with E-state index in [2.05, 4.69) is 36.3 Å². The molecule has 0 aromatic rings. The summed E-state index contributed by atoms with van der Waals surface area (Å²) < 4.78 is 0. The summed E-state index contributed by atoms with van der Waals surface area (Å²) in [5, 5.41) is 3.42. The summed E-state index contributed by atoms with van der Waals surface area (Å²) in [5.74, 6) is 0. The average Bonchev–Trinajstić information content (AvgIpc) is 2.22. The average molecular weight is 205 g/mol. The minimum Gasteiger partial charge on any atom is -0.310 e. The van der Waals surface area contributed by atoms with Crippen molar-refractivity contribution in [2.75, 3.05) is 26.7 Å². The molecule has 2 heteroatoms. The molecule has 0 amide bonds. The second-order valence-corrected chi connectivity index (χ2v) is 4.72.